The zero-order valence-corrected chi connectivity index (χ0v) is 63.3. The molecule has 1 aromatic heterocycles. The lowest BCUT2D eigenvalue weighted by Crippen LogP contribution is -2.21. The fraction of sp³-hybridized carbons (Fsp3) is 0.0722. The first kappa shape index (κ1) is 73.5. The molecule has 0 spiro atoms. The highest BCUT2D eigenvalue weighted by Crippen LogP contribution is 2.44. The van der Waals surface area contributed by atoms with E-state index in [0.717, 1.165) is 6.42 Å². The summed E-state index contributed by atoms with van der Waals surface area (Å²) in [6.07, 6.45) is 12.1. The number of thiophene rings is 1. The third-order valence-electron chi connectivity index (χ3n) is 17.4. The molecule has 0 N–H and O–H groups in total. The number of benzene rings is 13. The maximum atomic E-state index is 2.42. The Hall–Kier alpha value is -9.76. The zero-order chi connectivity index (χ0) is 70.4. The van der Waals surface area contributed by atoms with E-state index in [0.29, 0.717) is 0 Å². The molecule has 0 atom stereocenters. The number of hydrogen-bond donors (Lipinski definition) is 0. The molecule has 5 heteroatoms. The molecule has 0 fully saturated rings. The van der Waals surface area contributed by atoms with Crippen molar-refractivity contribution in [2.24, 2.45) is 0 Å². The molecule has 1 heterocycles. The highest BCUT2D eigenvalue weighted by molar-refractivity contribution is 7.81. The van der Waals surface area contributed by atoms with Crippen molar-refractivity contribution in [3.05, 3.63) is 457 Å². The highest BCUT2D eigenvalue weighted by Gasteiger charge is 2.29. The van der Waals surface area contributed by atoms with Gasteiger partial charge in [0.05, 0.1) is 0 Å². The molecule has 0 amide bonds. The van der Waals surface area contributed by atoms with Crippen LogP contribution in [0.4, 0.5) is 0 Å². The van der Waals surface area contributed by atoms with E-state index in [2.05, 4.69) is 465 Å². The maximum absolute atomic E-state index is 2.42. The number of allylic oxidation sites excluding steroid dienone is 7. The molecule has 1 aliphatic carbocycles. The lowest BCUT2D eigenvalue weighted by molar-refractivity contribution is 0.527. The lowest BCUT2D eigenvalue weighted by Gasteiger charge is -2.32. The van der Waals surface area contributed by atoms with Crippen molar-refractivity contribution >= 4 is 118 Å². The molecule has 502 valence electrons. The van der Waals surface area contributed by atoms with Crippen LogP contribution in [-0.2, 0) is 5.41 Å². The first-order valence-electron chi connectivity index (χ1n) is 34.9. The lowest BCUT2D eigenvalue weighted by atomic mass is 9.72. The van der Waals surface area contributed by atoms with Crippen molar-refractivity contribution in [3.8, 4) is 0 Å². The Morgan fingerprint density at radius 1 is 0.324 bits per heavy atom. The van der Waals surface area contributed by atoms with E-state index in [4.69, 9.17) is 0 Å². The second kappa shape index (κ2) is 38.9. The van der Waals surface area contributed by atoms with Gasteiger partial charge in [-0.1, -0.05) is 432 Å². The molecular formula is C97H88P4S. The summed E-state index contributed by atoms with van der Waals surface area (Å²) in [6, 6.07) is 141. The average molecular weight is 1410 g/mol. The predicted octanol–water partition coefficient (Wildman–Crippen LogP) is 21.6. The Labute approximate surface area is 617 Å². The SMILES string of the molecule is C/C=C(C)/C=C/C=C(\C)c1ccc2c(c1)C(c1cccs1)=CCC2(C)C.c1ccc(P(c2ccccc2)c2ccccc2)cc1.c1ccc(P(c2ccccc2)c2ccccc2)cc1.c1ccc(P(c2ccccc2)c2ccccc2)cc1.c1ccc(P(c2ccccc2)c2ccccc2)cc1. The molecule has 0 bridgehead atoms. The van der Waals surface area contributed by atoms with Crippen LogP contribution in [0.1, 0.15) is 62.6 Å². The third-order valence-corrected chi connectivity index (χ3v) is 28.1. The minimum absolute atomic E-state index is 0.190. The molecule has 0 saturated heterocycles. The van der Waals surface area contributed by atoms with E-state index in [9.17, 15) is 0 Å². The van der Waals surface area contributed by atoms with Gasteiger partial charge in [0.1, 0.15) is 0 Å². The van der Waals surface area contributed by atoms with Crippen molar-refractivity contribution < 1.29 is 0 Å². The Kier molecular flexibility index (Phi) is 28.0. The van der Waals surface area contributed by atoms with Gasteiger partial charge in [-0.3, -0.25) is 0 Å². The molecule has 13 aromatic carbocycles. The first-order valence-corrected chi connectivity index (χ1v) is 41.2. The minimum atomic E-state index is -0.446. The van der Waals surface area contributed by atoms with Crippen molar-refractivity contribution in [1.82, 2.24) is 0 Å². The van der Waals surface area contributed by atoms with Crippen LogP contribution in [0.5, 0.6) is 0 Å². The quantitative estimate of drug-likeness (QED) is 0.0668. The molecule has 14 aromatic rings. The van der Waals surface area contributed by atoms with Gasteiger partial charge in [-0.15, -0.1) is 11.3 Å². The smallest absolute Gasteiger partial charge is 0.0345 e. The summed E-state index contributed by atoms with van der Waals surface area (Å²) in [7, 11) is -1.78. The largest absolute Gasteiger partial charge is 0.144 e. The van der Waals surface area contributed by atoms with Gasteiger partial charge in [0, 0.05) is 4.88 Å². The zero-order valence-electron chi connectivity index (χ0n) is 58.9. The van der Waals surface area contributed by atoms with Crippen LogP contribution in [0.3, 0.4) is 0 Å². The first-order chi connectivity index (χ1) is 50.2. The Bertz CT molecular complexity index is 3980. The molecule has 0 aliphatic heterocycles. The number of fused-ring (bicyclic) bond motifs is 1. The van der Waals surface area contributed by atoms with Crippen LogP contribution in [-0.4, -0.2) is 0 Å². The van der Waals surface area contributed by atoms with Gasteiger partial charge in [-0.25, -0.2) is 0 Å². The topological polar surface area (TPSA) is 0 Å². The standard InChI is InChI=1S/C25H28S.4C18H15P/c1-6-18(2)9-7-10-19(3)20-12-13-23-22(17-20)21(14-15-25(23,4)5)24-11-8-16-26-24;4*1-4-10-16(11-5-1)19(17-12-6-2-7-13-17)18-14-8-3-9-15-18/h6-14,16-17H,15H2,1-5H3;4*1-15H/b9-7+,18-6+,19-10+;;;;. The van der Waals surface area contributed by atoms with Gasteiger partial charge in [-0.05, 0) is 173 Å². The molecule has 102 heavy (non-hydrogen) atoms. The average Bonchev–Trinajstić information content (AvgIpc) is 1.17. The number of rotatable bonds is 16. The van der Waals surface area contributed by atoms with E-state index in [1.54, 1.807) is 0 Å². The summed E-state index contributed by atoms with van der Waals surface area (Å²) < 4.78 is 0. The fourth-order valence-electron chi connectivity index (χ4n) is 12.1. The molecule has 15 rings (SSSR count). The van der Waals surface area contributed by atoms with Crippen LogP contribution >= 0.6 is 43.0 Å². The van der Waals surface area contributed by atoms with Crippen molar-refractivity contribution in [2.45, 2.75) is 46.5 Å². The maximum Gasteiger partial charge on any atom is 0.0345 e. The van der Waals surface area contributed by atoms with Crippen molar-refractivity contribution in [3.63, 3.8) is 0 Å². The number of hydrogen-bond acceptors (Lipinski definition) is 1. The molecule has 0 radical (unpaired) electrons. The summed E-state index contributed by atoms with van der Waals surface area (Å²) >= 11 is 1.83. The van der Waals surface area contributed by atoms with E-state index < -0.39 is 31.7 Å². The van der Waals surface area contributed by atoms with Gasteiger partial charge < -0.3 is 0 Å². The van der Waals surface area contributed by atoms with Crippen molar-refractivity contribution in [2.75, 3.05) is 0 Å². The normalized spacial score (nSPS) is 12.3. The van der Waals surface area contributed by atoms with Crippen LogP contribution in [0.15, 0.2) is 436 Å². The van der Waals surface area contributed by atoms with Gasteiger partial charge in [0.2, 0.25) is 0 Å². The van der Waals surface area contributed by atoms with E-state index in [1.165, 1.54) is 102 Å². The highest BCUT2D eigenvalue weighted by atomic mass is 32.1. The predicted molar refractivity (Wildman–Crippen MR) is 458 cm³/mol. The van der Waals surface area contributed by atoms with Crippen LogP contribution < -0.4 is 63.7 Å². The Balaban J connectivity index is 0.000000129. The second-order valence-corrected chi connectivity index (χ2v) is 34.9. The molecule has 0 unspecified atom stereocenters. The second-order valence-electron chi connectivity index (χ2n) is 25.1. The van der Waals surface area contributed by atoms with Gasteiger partial charge in [0.15, 0.2) is 0 Å². The van der Waals surface area contributed by atoms with Crippen LogP contribution in [0, 0.1) is 0 Å². The summed E-state index contributed by atoms with van der Waals surface area (Å²) in [5.41, 5.74) is 8.31. The van der Waals surface area contributed by atoms with Crippen LogP contribution in [0.25, 0.3) is 11.1 Å². The van der Waals surface area contributed by atoms with E-state index in [-0.39, 0.29) is 5.41 Å². The molecule has 0 nitrogen and oxygen atoms in total. The summed E-state index contributed by atoms with van der Waals surface area (Å²) in [4.78, 5) is 1.36. The van der Waals surface area contributed by atoms with Gasteiger partial charge >= 0.3 is 0 Å². The van der Waals surface area contributed by atoms with E-state index in [1.807, 2.05) is 11.3 Å². The Morgan fingerprint density at radius 2 is 0.578 bits per heavy atom. The summed E-state index contributed by atoms with van der Waals surface area (Å²) in [6.45, 7) is 11.1. The molecular weight excluding hydrogens is 1320 g/mol. The van der Waals surface area contributed by atoms with E-state index >= 15 is 0 Å². The van der Waals surface area contributed by atoms with Gasteiger partial charge in [0.25, 0.3) is 0 Å². The van der Waals surface area contributed by atoms with Crippen LogP contribution in [0.2, 0.25) is 0 Å². The molecule has 0 saturated carbocycles. The Morgan fingerprint density at radius 3 is 0.804 bits per heavy atom. The molecule has 1 aliphatic rings. The monoisotopic (exact) mass is 1410 g/mol. The van der Waals surface area contributed by atoms with Gasteiger partial charge in [-0.2, -0.15) is 0 Å². The minimum Gasteiger partial charge on any atom is -0.144 e. The third kappa shape index (κ3) is 20.7. The summed E-state index contributed by atoms with van der Waals surface area (Å²) in [5, 5.41) is 18.9. The fourth-order valence-corrected chi connectivity index (χ4v) is 22.1. The summed E-state index contributed by atoms with van der Waals surface area (Å²) in [5.74, 6) is 0. The van der Waals surface area contributed by atoms with Crippen molar-refractivity contribution in [1.29, 1.82) is 0 Å².